The van der Waals surface area contributed by atoms with Crippen molar-refractivity contribution in [3.63, 3.8) is 0 Å². The van der Waals surface area contributed by atoms with E-state index in [9.17, 15) is 5.11 Å². The van der Waals surface area contributed by atoms with Gasteiger partial charge in [-0.05, 0) is 35.6 Å². The fourth-order valence-electron chi connectivity index (χ4n) is 2.27. The molecule has 2 unspecified atom stereocenters. The van der Waals surface area contributed by atoms with Crippen LogP contribution < -0.4 is 10.5 Å². The van der Waals surface area contributed by atoms with Gasteiger partial charge in [0.15, 0.2) is 0 Å². The van der Waals surface area contributed by atoms with Crippen LogP contribution in [0.5, 0.6) is 5.75 Å². The van der Waals surface area contributed by atoms with Crippen LogP contribution >= 0.6 is 0 Å². The molecule has 3 N–H and O–H groups in total. The highest BCUT2D eigenvalue weighted by Gasteiger charge is 2.11. The predicted octanol–water partition coefficient (Wildman–Crippen LogP) is 3.08. The Morgan fingerprint density at radius 3 is 2.33 bits per heavy atom. The van der Waals surface area contributed by atoms with Gasteiger partial charge in [-0.2, -0.15) is 0 Å². The molecule has 0 amide bonds. The molecule has 2 rings (SSSR count). The van der Waals surface area contributed by atoms with Crippen LogP contribution in [-0.2, 0) is 6.61 Å². The van der Waals surface area contributed by atoms with Crippen LogP contribution in [0, 0.1) is 0 Å². The average Bonchev–Trinajstić information content (AvgIpc) is 2.54. The molecular weight excluding hydrogens is 262 g/mol. The van der Waals surface area contributed by atoms with Crippen molar-refractivity contribution in [2.75, 3.05) is 6.54 Å². The lowest BCUT2D eigenvalue weighted by atomic mass is 9.95. The number of nitrogens with two attached hydrogens (primary N) is 1. The van der Waals surface area contributed by atoms with E-state index in [1.165, 1.54) is 5.56 Å². The van der Waals surface area contributed by atoms with E-state index in [1.807, 2.05) is 54.6 Å². The van der Waals surface area contributed by atoms with Crippen molar-refractivity contribution in [2.24, 2.45) is 5.73 Å². The summed E-state index contributed by atoms with van der Waals surface area (Å²) in [6, 6.07) is 18.2. The Hall–Kier alpha value is -1.84. The Morgan fingerprint density at radius 1 is 1.05 bits per heavy atom. The molecular formula is C18H23NO2. The normalized spacial score (nSPS) is 13.7. The quantitative estimate of drug-likeness (QED) is 0.822. The van der Waals surface area contributed by atoms with E-state index < -0.39 is 6.10 Å². The molecule has 21 heavy (non-hydrogen) atoms. The Balaban J connectivity index is 1.89. The molecule has 0 heterocycles. The summed E-state index contributed by atoms with van der Waals surface area (Å²) in [7, 11) is 0. The number of benzene rings is 2. The Bertz CT molecular complexity index is 525. The summed E-state index contributed by atoms with van der Waals surface area (Å²) in [5.74, 6) is 1.14. The van der Waals surface area contributed by atoms with Crippen LogP contribution in [0.15, 0.2) is 54.6 Å². The predicted molar refractivity (Wildman–Crippen MR) is 85.3 cm³/mol. The molecule has 2 atom stereocenters. The van der Waals surface area contributed by atoms with Crippen molar-refractivity contribution in [1.29, 1.82) is 0 Å². The molecule has 0 saturated heterocycles. The summed E-state index contributed by atoms with van der Waals surface area (Å²) in [6.45, 7) is 2.98. The Labute approximate surface area is 126 Å². The second kappa shape index (κ2) is 7.81. The summed E-state index contributed by atoms with van der Waals surface area (Å²) >= 11 is 0. The number of rotatable bonds is 7. The fourth-order valence-corrected chi connectivity index (χ4v) is 2.27. The second-order valence-electron chi connectivity index (χ2n) is 5.37. The molecule has 3 nitrogen and oxygen atoms in total. The van der Waals surface area contributed by atoms with Gasteiger partial charge in [0.05, 0.1) is 6.10 Å². The Kier molecular flexibility index (Phi) is 5.78. The van der Waals surface area contributed by atoms with Crippen molar-refractivity contribution < 1.29 is 9.84 Å². The standard InChI is InChI=1S/C18H23NO2/c1-14(11-17(20)12-19)16-7-9-18(10-8-16)21-13-15-5-3-2-4-6-15/h2-10,14,17,20H,11-13,19H2,1H3. The first kappa shape index (κ1) is 15.5. The van der Waals surface area contributed by atoms with Gasteiger partial charge < -0.3 is 15.6 Å². The molecule has 0 fully saturated rings. The van der Waals surface area contributed by atoms with Gasteiger partial charge in [0.25, 0.3) is 0 Å². The van der Waals surface area contributed by atoms with Crippen molar-refractivity contribution in [3.05, 3.63) is 65.7 Å². The van der Waals surface area contributed by atoms with E-state index in [4.69, 9.17) is 10.5 Å². The minimum absolute atomic E-state index is 0.284. The fraction of sp³-hybridized carbons (Fsp3) is 0.333. The Morgan fingerprint density at radius 2 is 1.71 bits per heavy atom. The lowest BCUT2D eigenvalue weighted by Gasteiger charge is -2.16. The van der Waals surface area contributed by atoms with Gasteiger partial charge in [0.2, 0.25) is 0 Å². The summed E-state index contributed by atoms with van der Waals surface area (Å²) in [5.41, 5.74) is 7.79. The van der Waals surface area contributed by atoms with Crippen molar-refractivity contribution >= 4 is 0 Å². The number of aliphatic hydroxyl groups is 1. The zero-order valence-corrected chi connectivity index (χ0v) is 12.4. The largest absolute Gasteiger partial charge is 0.489 e. The molecule has 3 heteroatoms. The maximum atomic E-state index is 9.60. The third-order valence-electron chi connectivity index (χ3n) is 3.60. The highest BCUT2D eigenvalue weighted by Crippen LogP contribution is 2.23. The highest BCUT2D eigenvalue weighted by molar-refractivity contribution is 5.29. The van der Waals surface area contributed by atoms with Crippen LogP contribution in [0.2, 0.25) is 0 Å². The van der Waals surface area contributed by atoms with Crippen LogP contribution in [0.1, 0.15) is 30.4 Å². The van der Waals surface area contributed by atoms with Crippen LogP contribution in [0.25, 0.3) is 0 Å². The van der Waals surface area contributed by atoms with Gasteiger partial charge >= 0.3 is 0 Å². The summed E-state index contributed by atoms with van der Waals surface area (Å²) in [6.07, 6.45) is 0.245. The molecule has 0 aliphatic heterocycles. The molecule has 0 aromatic heterocycles. The molecule has 0 spiro atoms. The highest BCUT2D eigenvalue weighted by atomic mass is 16.5. The maximum absolute atomic E-state index is 9.60. The first-order valence-corrected chi connectivity index (χ1v) is 7.34. The number of hydrogen-bond acceptors (Lipinski definition) is 3. The SMILES string of the molecule is CC(CC(O)CN)c1ccc(OCc2ccccc2)cc1. The minimum atomic E-state index is -0.436. The van der Waals surface area contributed by atoms with E-state index in [0.717, 1.165) is 11.3 Å². The van der Waals surface area contributed by atoms with Gasteiger partial charge in [-0.25, -0.2) is 0 Å². The molecule has 0 aliphatic rings. The summed E-state index contributed by atoms with van der Waals surface area (Å²) in [4.78, 5) is 0. The van der Waals surface area contributed by atoms with Crippen molar-refractivity contribution in [1.82, 2.24) is 0 Å². The smallest absolute Gasteiger partial charge is 0.119 e. The topological polar surface area (TPSA) is 55.5 Å². The van der Waals surface area contributed by atoms with Gasteiger partial charge in [0.1, 0.15) is 12.4 Å². The number of aliphatic hydroxyl groups excluding tert-OH is 1. The second-order valence-corrected chi connectivity index (χ2v) is 5.37. The van der Waals surface area contributed by atoms with Crippen LogP contribution in [-0.4, -0.2) is 17.8 Å². The average molecular weight is 285 g/mol. The van der Waals surface area contributed by atoms with E-state index in [2.05, 4.69) is 6.92 Å². The molecule has 2 aromatic rings. The van der Waals surface area contributed by atoms with E-state index in [0.29, 0.717) is 19.6 Å². The molecule has 0 saturated carbocycles. The van der Waals surface area contributed by atoms with E-state index in [1.54, 1.807) is 0 Å². The molecule has 0 radical (unpaired) electrons. The zero-order valence-electron chi connectivity index (χ0n) is 12.4. The first-order valence-electron chi connectivity index (χ1n) is 7.34. The van der Waals surface area contributed by atoms with Crippen molar-refractivity contribution in [2.45, 2.75) is 32.0 Å². The minimum Gasteiger partial charge on any atom is -0.489 e. The van der Waals surface area contributed by atoms with Gasteiger partial charge in [-0.15, -0.1) is 0 Å². The third kappa shape index (κ3) is 4.88. The van der Waals surface area contributed by atoms with E-state index >= 15 is 0 Å². The van der Waals surface area contributed by atoms with Crippen LogP contribution in [0.3, 0.4) is 0 Å². The maximum Gasteiger partial charge on any atom is 0.119 e. The lowest BCUT2D eigenvalue weighted by molar-refractivity contribution is 0.165. The van der Waals surface area contributed by atoms with Crippen LogP contribution in [0.4, 0.5) is 0 Å². The van der Waals surface area contributed by atoms with E-state index in [-0.39, 0.29) is 5.92 Å². The molecule has 2 aromatic carbocycles. The van der Waals surface area contributed by atoms with Crippen molar-refractivity contribution in [3.8, 4) is 5.75 Å². The lowest BCUT2D eigenvalue weighted by Crippen LogP contribution is -2.21. The first-order chi connectivity index (χ1) is 10.2. The molecule has 0 bridgehead atoms. The monoisotopic (exact) mass is 285 g/mol. The third-order valence-corrected chi connectivity index (χ3v) is 3.60. The van der Waals surface area contributed by atoms with Gasteiger partial charge in [-0.3, -0.25) is 0 Å². The van der Waals surface area contributed by atoms with Gasteiger partial charge in [-0.1, -0.05) is 49.4 Å². The molecule has 112 valence electrons. The zero-order chi connectivity index (χ0) is 15.1. The van der Waals surface area contributed by atoms with Gasteiger partial charge in [0, 0.05) is 6.54 Å². The number of hydrogen-bond donors (Lipinski definition) is 2. The number of ether oxygens (including phenoxy) is 1. The summed E-state index contributed by atoms with van der Waals surface area (Å²) in [5, 5.41) is 9.60. The molecule has 0 aliphatic carbocycles. The summed E-state index contributed by atoms with van der Waals surface area (Å²) < 4.78 is 5.76.